The van der Waals surface area contributed by atoms with Gasteiger partial charge in [-0.3, -0.25) is 36.4 Å². The number of hydrogen-bond acceptors (Lipinski definition) is 12. The molecule has 0 radical (unpaired) electrons. The van der Waals surface area contributed by atoms with E-state index in [1.165, 1.54) is 0 Å². The van der Waals surface area contributed by atoms with Crippen molar-refractivity contribution in [1.29, 1.82) is 0 Å². The highest BCUT2D eigenvalue weighted by Gasteiger charge is 2.26. The Bertz CT molecular complexity index is 613. The fourth-order valence-corrected chi connectivity index (χ4v) is 0.300. The monoisotopic (exact) mass is 528 g/mol. The molecule has 0 atom stereocenters. The molecule has 0 saturated carbocycles. The molecular formula is C5H20O20S4. The Morgan fingerprint density at radius 1 is 0.379 bits per heavy atom. The SMILES string of the molecule is O=S(=O)(O)O.O=S(=O)(O)O.O=S(=O)(O)O.O=S(=O)(O)O.OCC(CO)(CO)CO. The smallest absolute Gasteiger partial charge is 0.394 e. The molecular weight excluding hydrogens is 508 g/mol. The molecule has 0 fully saturated rings. The van der Waals surface area contributed by atoms with Crippen molar-refractivity contribution < 1.29 is 90.5 Å². The predicted octanol–water partition coefficient (Wildman–Crippen LogP) is -4.67. The summed E-state index contributed by atoms with van der Waals surface area (Å²) in [4.78, 5) is 0. The van der Waals surface area contributed by atoms with E-state index in [0.717, 1.165) is 0 Å². The van der Waals surface area contributed by atoms with Crippen molar-refractivity contribution in [1.82, 2.24) is 0 Å². The molecule has 0 spiro atoms. The van der Waals surface area contributed by atoms with E-state index in [0.29, 0.717) is 0 Å². The first-order chi connectivity index (χ1) is 12.2. The summed E-state index contributed by atoms with van der Waals surface area (Å²) in [6, 6.07) is 0. The van der Waals surface area contributed by atoms with Crippen molar-refractivity contribution in [3.05, 3.63) is 0 Å². The van der Waals surface area contributed by atoms with Gasteiger partial charge in [0, 0.05) is 0 Å². The zero-order valence-electron chi connectivity index (χ0n) is 13.6. The maximum atomic E-state index is 8.74. The van der Waals surface area contributed by atoms with Crippen molar-refractivity contribution in [2.75, 3.05) is 26.4 Å². The summed E-state index contributed by atoms with van der Waals surface area (Å²) in [6.07, 6.45) is 0. The summed E-state index contributed by atoms with van der Waals surface area (Å²) in [6.45, 7) is -1.62. The molecule has 0 saturated heterocycles. The van der Waals surface area contributed by atoms with E-state index < -0.39 is 73.4 Å². The number of rotatable bonds is 4. The lowest BCUT2D eigenvalue weighted by Crippen LogP contribution is -2.37. The van der Waals surface area contributed by atoms with Crippen LogP contribution in [0.5, 0.6) is 0 Å². The van der Waals surface area contributed by atoms with Crippen LogP contribution in [-0.2, 0) is 41.6 Å². The molecule has 0 aliphatic heterocycles. The maximum Gasteiger partial charge on any atom is 0.394 e. The molecule has 0 aromatic rings. The molecule has 0 unspecified atom stereocenters. The van der Waals surface area contributed by atoms with Gasteiger partial charge in [-0.1, -0.05) is 0 Å². The van der Waals surface area contributed by atoms with E-state index in [9.17, 15) is 0 Å². The second kappa shape index (κ2) is 17.0. The summed E-state index contributed by atoms with van der Waals surface area (Å²) >= 11 is 0. The lowest BCUT2D eigenvalue weighted by atomic mass is 9.93. The normalized spacial score (nSPS) is 11.7. The summed E-state index contributed by atoms with van der Waals surface area (Å²) in [5.74, 6) is 0. The van der Waals surface area contributed by atoms with Crippen molar-refractivity contribution >= 4 is 41.6 Å². The highest BCUT2D eigenvalue weighted by atomic mass is 32.3. The molecule has 0 aliphatic rings. The minimum absolute atomic E-state index is 0.406. The highest BCUT2D eigenvalue weighted by molar-refractivity contribution is 7.80. The third-order valence-corrected chi connectivity index (χ3v) is 1.34. The van der Waals surface area contributed by atoms with Gasteiger partial charge < -0.3 is 20.4 Å². The van der Waals surface area contributed by atoms with Crippen LogP contribution in [-0.4, -0.2) is 117 Å². The molecule has 0 aromatic carbocycles. The lowest BCUT2D eigenvalue weighted by Gasteiger charge is -2.23. The molecule has 0 aliphatic carbocycles. The fraction of sp³-hybridized carbons (Fsp3) is 1.00. The first-order valence-electron chi connectivity index (χ1n) is 5.47. The predicted molar refractivity (Wildman–Crippen MR) is 87.5 cm³/mol. The van der Waals surface area contributed by atoms with Crippen molar-refractivity contribution in [2.24, 2.45) is 5.41 Å². The Balaban J connectivity index is -0.0000000853. The van der Waals surface area contributed by atoms with E-state index in [1.54, 1.807) is 0 Å². The Morgan fingerprint density at radius 2 is 0.448 bits per heavy atom. The van der Waals surface area contributed by atoms with E-state index in [2.05, 4.69) is 0 Å². The van der Waals surface area contributed by atoms with Crippen LogP contribution in [0.15, 0.2) is 0 Å². The standard InChI is InChI=1S/C5H12O4.4H2O4S/c6-1-5(2-7,3-8)4-9;4*1-5(2,3)4/h6-9H,1-4H2;4*(H2,1,2,3,4). The Labute approximate surface area is 164 Å². The zero-order chi connectivity index (χ0) is 25.3. The molecule has 0 bridgehead atoms. The average Bonchev–Trinajstić information content (AvgIpc) is 2.34. The zero-order valence-corrected chi connectivity index (χ0v) is 16.9. The van der Waals surface area contributed by atoms with Crippen molar-refractivity contribution in [3.63, 3.8) is 0 Å². The van der Waals surface area contributed by atoms with Crippen molar-refractivity contribution in [2.45, 2.75) is 0 Å². The van der Waals surface area contributed by atoms with Gasteiger partial charge in [-0.25, -0.2) is 0 Å². The second-order valence-corrected chi connectivity index (χ2v) is 7.51. The van der Waals surface area contributed by atoms with Crippen LogP contribution in [0.4, 0.5) is 0 Å². The van der Waals surface area contributed by atoms with Crippen LogP contribution < -0.4 is 0 Å². The topological polar surface area (TPSA) is 379 Å². The van der Waals surface area contributed by atoms with Gasteiger partial charge in [-0.05, 0) is 0 Å². The Morgan fingerprint density at radius 3 is 0.448 bits per heavy atom. The van der Waals surface area contributed by atoms with Gasteiger partial charge in [0.2, 0.25) is 0 Å². The molecule has 0 rings (SSSR count). The number of hydrogen-bond donors (Lipinski definition) is 12. The fourth-order valence-electron chi connectivity index (χ4n) is 0.300. The Hall–Kier alpha value is -0.680. The molecule has 0 amide bonds. The summed E-state index contributed by atoms with van der Waals surface area (Å²) in [5, 5.41) is 34.0. The van der Waals surface area contributed by atoms with E-state index >= 15 is 0 Å². The van der Waals surface area contributed by atoms with Crippen LogP contribution in [0.1, 0.15) is 0 Å². The third-order valence-electron chi connectivity index (χ3n) is 1.34. The van der Waals surface area contributed by atoms with Crippen LogP contribution in [0.25, 0.3) is 0 Å². The van der Waals surface area contributed by atoms with Gasteiger partial charge in [0.25, 0.3) is 0 Å². The largest absolute Gasteiger partial charge is 0.396 e. The number of aliphatic hydroxyl groups is 4. The quantitative estimate of drug-likeness (QED) is 0.152. The first kappa shape index (κ1) is 38.9. The second-order valence-electron chi connectivity index (χ2n) is 3.92. The van der Waals surface area contributed by atoms with Gasteiger partial charge in [0.05, 0.1) is 31.8 Å². The summed E-state index contributed by atoms with van der Waals surface area (Å²) in [7, 11) is -18.7. The molecule has 20 nitrogen and oxygen atoms in total. The summed E-state index contributed by atoms with van der Waals surface area (Å²) in [5.41, 5.74) is -1.11. The average molecular weight is 528 g/mol. The molecule has 12 N–H and O–H groups in total. The van der Waals surface area contributed by atoms with Crippen LogP contribution >= 0.6 is 0 Å². The van der Waals surface area contributed by atoms with E-state index in [4.69, 9.17) is 90.5 Å². The minimum atomic E-state index is -4.67. The number of aliphatic hydroxyl groups excluding tert-OH is 4. The minimum Gasteiger partial charge on any atom is -0.396 e. The van der Waals surface area contributed by atoms with E-state index in [1.807, 2.05) is 0 Å². The lowest BCUT2D eigenvalue weighted by molar-refractivity contribution is -0.0328. The molecule has 184 valence electrons. The van der Waals surface area contributed by atoms with E-state index in [-0.39, 0.29) is 0 Å². The van der Waals surface area contributed by atoms with Gasteiger partial charge in [-0.15, -0.1) is 0 Å². The van der Waals surface area contributed by atoms with Crippen LogP contribution in [0.2, 0.25) is 0 Å². The van der Waals surface area contributed by atoms with Gasteiger partial charge >= 0.3 is 41.6 Å². The molecule has 0 aromatic heterocycles. The summed E-state index contributed by atoms with van der Waals surface area (Å²) < 4.78 is 126. The maximum absolute atomic E-state index is 8.74. The van der Waals surface area contributed by atoms with Crippen molar-refractivity contribution in [3.8, 4) is 0 Å². The molecule has 24 heteroatoms. The van der Waals surface area contributed by atoms with Gasteiger partial charge in [0.15, 0.2) is 0 Å². The molecule has 0 heterocycles. The highest BCUT2D eigenvalue weighted by Crippen LogP contribution is 2.11. The third kappa shape index (κ3) is 137. The van der Waals surface area contributed by atoms with Crippen LogP contribution in [0.3, 0.4) is 0 Å². The van der Waals surface area contributed by atoms with Gasteiger partial charge in [0.1, 0.15) is 0 Å². The van der Waals surface area contributed by atoms with Gasteiger partial charge in [-0.2, -0.15) is 33.7 Å². The first-order valence-corrected chi connectivity index (χ1v) is 11.1. The Kier molecular flexibility index (Phi) is 22.8. The molecule has 29 heavy (non-hydrogen) atoms. The van der Waals surface area contributed by atoms with Crippen LogP contribution in [0, 0.1) is 5.41 Å².